The molecule has 3 rings (SSSR count). The van der Waals surface area contributed by atoms with Crippen LogP contribution in [0.1, 0.15) is 18.1 Å². The van der Waals surface area contributed by atoms with Crippen molar-refractivity contribution in [2.75, 3.05) is 0 Å². The predicted octanol–water partition coefficient (Wildman–Crippen LogP) is 4.71. The van der Waals surface area contributed by atoms with Crippen LogP contribution < -0.4 is 5.56 Å². The quantitative estimate of drug-likeness (QED) is 0.489. The Morgan fingerprint density at radius 2 is 2.07 bits per heavy atom. The van der Waals surface area contributed by atoms with E-state index < -0.39 is 17.3 Å². The molecule has 1 aromatic heterocycles. The van der Waals surface area contributed by atoms with Crippen LogP contribution >= 0.6 is 23.8 Å². The molecular formula is C19H15ClFN3O2S. The van der Waals surface area contributed by atoms with E-state index in [1.807, 2.05) is 31.2 Å². The molecule has 0 aliphatic carbocycles. The largest absolute Gasteiger partial charge is 0.494 e. The molecule has 0 atom stereocenters. The highest BCUT2D eigenvalue weighted by Gasteiger charge is 2.14. The molecule has 8 heteroatoms. The zero-order valence-corrected chi connectivity index (χ0v) is 15.8. The Labute approximate surface area is 164 Å². The fourth-order valence-electron chi connectivity index (χ4n) is 2.59. The van der Waals surface area contributed by atoms with Crippen LogP contribution in [-0.2, 0) is 6.42 Å². The molecule has 0 amide bonds. The Kier molecular flexibility index (Phi) is 5.53. The molecule has 1 heterocycles. The molecule has 3 aromatic rings. The van der Waals surface area contributed by atoms with E-state index in [4.69, 9.17) is 23.8 Å². The maximum atomic E-state index is 13.4. The second-order valence-corrected chi connectivity index (χ2v) is 6.46. The van der Waals surface area contributed by atoms with Gasteiger partial charge in [-0.15, -0.1) is 0 Å². The topological polar surface area (TPSA) is 70.4 Å². The van der Waals surface area contributed by atoms with Gasteiger partial charge in [0.05, 0.1) is 16.4 Å². The molecule has 0 aliphatic heterocycles. The van der Waals surface area contributed by atoms with Crippen molar-refractivity contribution < 1.29 is 9.50 Å². The third kappa shape index (κ3) is 3.84. The van der Waals surface area contributed by atoms with E-state index in [9.17, 15) is 14.3 Å². The normalized spacial score (nSPS) is 11.2. The fourth-order valence-corrected chi connectivity index (χ4v) is 3.05. The first-order valence-corrected chi connectivity index (χ1v) is 8.86. The number of hydrogen-bond donors (Lipinski definition) is 2. The molecule has 138 valence electrons. The Bertz CT molecular complexity index is 1150. The standard InChI is InChI=1S/C19H15ClFN3O2S/c1-2-11-5-3-4-6-16(11)22-10-13-17(25)23-19(27)24(18(13)26)12-7-8-15(21)14(20)9-12/h3-10,26H,2H2,1H3,(H,23,25,27). The SMILES string of the molecule is CCc1ccccc1N=Cc1c(O)n(-c2ccc(F)c(Cl)c2)c(=S)[nH]c1=O. The molecule has 2 aromatic carbocycles. The first-order chi connectivity index (χ1) is 12.9. The summed E-state index contributed by atoms with van der Waals surface area (Å²) in [6.07, 6.45) is 2.05. The monoisotopic (exact) mass is 403 g/mol. The van der Waals surface area contributed by atoms with Gasteiger partial charge in [0.25, 0.3) is 5.56 Å². The second kappa shape index (κ2) is 7.85. The van der Waals surface area contributed by atoms with E-state index in [0.29, 0.717) is 11.4 Å². The van der Waals surface area contributed by atoms with Crippen molar-refractivity contribution in [2.45, 2.75) is 13.3 Å². The third-order valence-electron chi connectivity index (χ3n) is 3.99. The van der Waals surface area contributed by atoms with Gasteiger partial charge in [0.2, 0.25) is 5.88 Å². The molecule has 0 saturated carbocycles. The number of aryl methyl sites for hydroxylation is 1. The van der Waals surface area contributed by atoms with Crippen molar-refractivity contribution in [2.24, 2.45) is 4.99 Å². The number of hydrogen-bond acceptors (Lipinski definition) is 4. The first kappa shape index (κ1) is 19.0. The number of aromatic hydroxyl groups is 1. The predicted molar refractivity (Wildman–Crippen MR) is 107 cm³/mol. The number of para-hydroxylation sites is 1. The van der Waals surface area contributed by atoms with Crippen molar-refractivity contribution in [3.63, 3.8) is 0 Å². The molecule has 27 heavy (non-hydrogen) atoms. The average molecular weight is 404 g/mol. The summed E-state index contributed by atoms with van der Waals surface area (Å²) in [6.45, 7) is 2.00. The van der Waals surface area contributed by atoms with Crippen LogP contribution in [0, 0.1) is 10.6 Å². The van der Waals surface area contributed by atoms with Gasteiger partial charge in [0, 0.05) is 6.21 Å². The molecule has 0 spiro atoms. The Morgan fingerprint density at radius 3 is 2.78 bits per heavy atom. The zero-order chi connectivity index (χ0) is 19.6. The average Bonchev–Trinajstić information content (AvgIpc) is 2.64. The minimum Gasteiger partial charge on any atom is -0.494 e. The summed E-state index contributed by atoms with van der Waals surface area (Å²) >= 11 is 10.9. The molecule has 0 saturated heterocycles. The number of nitrogens with zero attached hydrogens (tertiary/aromatic N) is 2. The number of aromatic amines is 1. The minimum atomic E-state index is -0.603. The minimum absolute atomic E-state index is 0.0497. The summed E-state index contributed by atoms with van der Waals surface area (Å²) in [4.78, 5) is 19.1. The molecular weight excluding hydrogens is 389 g/mol. The van der Waals surface area contributed by atoms with Gasteiger partial charge in [0.15, 0.2) is 4.77 Å². The van der Waals surface area contributed by atoms with Gasteiger partial charge in [-0.2, -0.15) is 0 Å². The summed E-state index contributed by atoms with van der Waals surface area (Å²) in [7, 11) is 0. The van der Waals surface area contributed by atoms with Crippen molar-refractivity contribution >= 4 is 35.7 Å². The maximum Gasteiger partial charge on any atom is 0.264 e. The summed E-state index contributed by atoms with van der Waals surface area (Å²) in [5.41, 5.74) is 1.35. The number of benzene rings is 2. The van der Waals surface area contributed by atoms with Gasteiger partial charge in [-0.1, -0.05) is 36.7 Å². The molecule has 2 N–H and O–H groups in total. The lowest BCUT2D eigenvalue weighted by Crippen LogP contribution is -2.18. The highest BCUT2D eigenvalue weighted by molar-refractivity contribution is 7.71. The summed E-state index contributed by atoms with van der Waals surface area (Å²) in [5, 5.41) is 10.5. The van der Waals surface area contributed by atoms with Crippen molar-refractivity contribution in [3.05, 3.63) is 79.6 Å². The van der Waals surface area contributed by atoms with Gasteiger partial charge >= 0.3 is 0 Å². The van der Waals surface area contributed by atoms with Crippen LogP contribution in [0.25, 0.3) is 5.69 Å². The van der Waals surface area contributed by atoms with Crippen LogP contribution in [0.3, 0.4) is 0 Å². The van der Waals surface area contributed by atoms with Crippen LogP contribution in [0.5, 0.6) is 5.88 Å². The van der Waals surface area contributed by atoms with E-state index >= 15 is 0 Å². The first-order valence-electron chi connectivity index (χ1n) is 8.08. The Hall–Kier alpha value is -2.77. The van der Waals surface area contributed by atoms with E-state index in [1.54, 1.807) is 0 Å². The van der Waals surface area contributed by atoms with Gasteiger partial charge < -0.3 is 5.11 Å². The van der Waals surface area contributed by atoms with Gasteiger partial charge in [-0.3, -0.25) is 19.3 Å². The number of rotatable bonds is 4. The summed E-state index contributed by atoms with van der Waals surface area (Å²) < 4.78 is 14.6. The summed E-state index contributed by atoms with van der Waals surface area (Å²) in [5.74, 6) is -1.02. The lowest BCUT2D eigenvalue weighted by atomic mass is 10.1. The molecule has 0 fully saturated rings. The molecule has 0 bridgehead atoms. The van der Waals surface area contributed by atoms with Crippen LogP contribution in [0.4, 0.5) is 10.1 Å². The molecule has 0 radical (unpaired) electrons. The van der Waals surface area contributed by atoms with Gasteiger partial charge in [-0.05, 0) is 48.5 Å². The van der Waals surface area contributed by atoms with Crippen LogP contribution in [0.15, 0.2) is 52.3 Å². The Balaban J connectivity index is 2.15. The number of aromatic nitrogens is 2. The number of nitrogens with one attached hydrogen (secondary N) is 1. The third-order valence-corrected chi connectivity index (χ3v) is 4.56. The fraction of sp³-hybridized carbons (Fsp3) is 0.105. The van der Waals surface area contributed by atoms with Gasteiger partial charge in [-0.25, -0.2) is 4.39 Å². The maximum absolute atomic E-state index is 13.4. The Morgan fingerprint density at radius 1 is 1.33 bits per heavy atom. The second-order valence-electron chi connectivity index (χ2n) is 5.67. The van der Waals surface area contributed by atoms with E-state index in [0.717, 1.165) is 18.1 Å². The van der Waals surface area contributed by atoms with E-state index in [-0.39, 0.29) is 15.4 Å². The van der Waals surface area contributed by atoms with E-state index in [1.165, 1.54) is 22.9 Å². The highest BCUT2D eigenvalue weighted by Crippen LogP contribution is 2.24. The van der Waals surface area contributed by atoms with Crippen molar-refractivity contribution in [1.82, 2.24) is 9.55 Å². The number of H-pyrrole nitrogens is 1. The number of halogens is 2. The molecule has 0 unspecified atom stereocenters. The molecule has 5 nitrogen and oxygen atoms in total. The van der Waals surface area contributed by atoms with Crippen molar-refractivity contribution in [1.29, 1.82) is 0 Å². The van der Waals surface area contributed by atoms with Crippen molar-refractivity contribution in [3.8, 4) is 11.6 Å². The zero-order valence-electron chi connectivity index (χ0n) is 14.2. The lowest BCUT2D eigenvalue weighted by molar-refractivity contribution is 0.432. The lowest BCUT2D eigenvalue weighted by Gasteiger charge is -2.11. The van der Waals surface area contributed by atoms with Crippen LogP contribution in [-0.4, -0.2) is 20.9 Å². The van der Waals surface area contributed by atoms with Gasteiger partial charge in [0.1, 0.15) is 11.4 Å². The highest BCUT2D eigenvalue weighted by atomic mass is 35.5. The van der Waals surface area contributed by atoms with E-state index in [2.05, 4.69) is 9.98 Å². The smallest absolute Gasteiger partial charge is 0.264 e. The number of aliphatic imine (C=N–C) groups is 1. The summed E-state index contributed by atoms with van der Waals surface area (Å²) in [6, 6.07) is 11.3. The van der Waals surface area contributed by atoms with Crippen LogP contribution in [0.2, 0.25) is 5.02 Å². The molecule has 0 aliphatic rings.